The average molecular weight is 317 g/mol. The van der Waals surface area contributed by atoms with Crippen LogP contribution in [0, 0.1) is 0 Å². The van der Waals surface area contributed by atoms with Crippen LogP contribution in [-0.4, -0.2) is 26.6 Å². The van der Waals surface area contributed by atoms with Gasteiger partial charge in [0.25, 0.3) is 0 Å². The third-order valence-corrected chi connectivity index (χ3v) is 4.85. The number of amides is 1. The number of halogens is 1. The Morgan fingerprint density at radius 1 is 1.40 bits per heavy atom. The number of anilines is 2. The Hall–Kier alpha value is -1.27. The smallest absolute Gasteiger partial charge is 0.232 e. The van der Waals surface area contributed by atoms with E-state index >= 15 is 0 Å². The fourth-order valence-electron chi connectivity index (χ4n) is 2.19. The van der Waals surface area contributed by atoms with E-state index in [0.717, 1.165) is 6.42 Å². The Labute approximate surface area is 124 Å². The topological polar surface area (TPSA) is 66.5 Å². The highest BCUT2D eigenvalue weighted by Crippen LogP contribution is 2.31. The van der Waals surface area contributed by atoms with E-state index in [-0.39, 0.29) is 11.7 Å². The zero-order valence-corrected chi connectivity index (χ0v) is 12.8. The Morgan fingerprint density at radius 3 is 2.70 bits per heavy atom. The molecule has 1 amide bonds. The molecule has 0 radical (unpaired) electrons. The van der Waals surface area contributed by atoms with Gasteiger partial charge in [-0.2, -0.15) is 0 Å². The van der Waals surface area contributed by atoms with Gasteiger partial charge in [-0.05, 0) is 31.0 Å². The quantitative estimate of drug-likeness (QED) is 0.908. The van der Waals surface area contributed by atoms with Crippen LogP contribution in [0.3, 0.4) is 0 Å². The summed E-state index contributed by atoms with van der Waals surface area (Å²) in [5, 5.41) is 0.372. The van der Waals surface area contributed by atoms with Gasteiger partial charge in [-0.25, -0.2) is 8.42 Å². The van der Waals surface area contributed by atoms with Crippen LogP contribution in [-0.2, 0) is 14.8 Å². The van der Waals surface area contributed by atoms with Crippen molar-refractivity contribution in [2.45, 2.75) is 26.2 Å². The molecule has 2 rings (SSSR count). The normalized spacial score (nSPS) is 15.7. The SMILES string of the molecule is CCCS(=O)(=O)Nc1ccc(N2CCCC2=O)c(Cl)c1. The summed E-state index contributed by atoms with van der Waals surface area (Å²) in [6.07, 6.45) is 1.89. The fraction of sp³-hybridized carbons (Fsp3) is 0.462. The first kappa shape index (κ1) is 15.1. The van der Waals surface area contributed by atoms with E-state index in [1.807, 2.05) is 0 Å². The van der Waals surface area contributed by atoms with Crippen molar-refractivity contribution in [1.82, 2.24) is 0 Å². The highest BCUT2D eigenvalue weighted by atomic mass is 35.5. The standard InChI is InChI=1S/C13H17ClN2O3S/c1-2-8-20(18,19)15-10-5-6-12(11(14)9-10)16-7-3-4-13(16)17/h5-6,9,15H,2-4,7-8H2,1H3. The van der Waals surface area contributed by atoms with Gasteiger partial charge in [0.1, 0.15) is 0 Å². The lowest BCUT2D eigenvalue weighted by molar-refractivity contribution is -0.117. The van der Waals surface area contributed by atoms with Gasteiger partial charge >= 0.3 is 0 Å². The molecule has 0 atom stereocenters. The van der Waals surface area contributed by atoms with E-state index < -0.39 is 10.0 Å². The minimum atomic E-state index is -3.33. The van der Waals surface area contributed by atoms with E-state index in [4.69, 9.17) is 11.6 Å². The molecule has 1 aromatic carbocycles. The van der Waals surface area contributed by atoms with E-state index in [1.165, 1.54) is 6.07 Å². The second-order valence-electron chi connectivity index (χ2n) is 4.74. The Morgan fingerprint density at radius 2 is 2.15 bits per heavy atom. The minimum absolute atomic E-state index is 0.0474. The Bertz CT molecular complexity index is 616. The maximum atomic E-state index is 11.7. The van der Waals surface area contributed by atoms with Gasteiger partial charge in [-0.15, -0.1) is 0 Å². The number of carbonyl (C=O) groups excluding carboxylic acids is 1. The Balaban J connectivity index is 2.20. The molecule has 0 saturated carbocycles. The van der Waals surface area contributed by atoms with Crippen molar-refractivity contribution in [2.75, 3.05) is 21.9 Å². The van der Waals surface area contributed by atoms with Gasteiger partial charge in [-0.1, -0.05) is 18.5 Å². The molecule has 1 aliphatic heterocycles. The average Bonchev–Trinajstić information content (AvgIpc) is 2.75. The van der Waals surface area contributed by atoms with Crippen LogP contribution >= 0.6 is 11.6 Å². The maximum absolute atomic E-state index is 11.7. The molecule has 7 heteroatoms. The van der Waals surface area contributed by atoms with Crippen molar-refractivity contribution >= 4 is 38.9 Å². The molecule has 110 valence electrons. The molecular weight excluding hydrogens is 300 g/mol. The van der Waals surface area contributed by atoms with Gasteiger partial charge in [0.05, 0.1) is 22.2 Å². The van der Waals surface area contributed by atoms with Crippen LogP contribution in [0.1, 0.15) is 26.2 Å². The molecule has 1 saturated heterocycles. The summed E-state index contributed by atoms with van der Waals surface area (Å²) in [4.78, 5) is 13.3. The van der Waals surface area contributed by atoms with Crippen molar-refractivity contribution < 1.29 is 13.2 Å². The number of benzene rings is 1. The van der Waals surface area contributed by atoms with Crippen molar-refractivity contribution in [2.24, 2.45) is 0 Å². The highest BCUT2D eigenvalue weighted by Gasteiger charge is 2.23. The van der Waals surface area contributed by atoms with Crippen LogP contribution < -0.4 is 9.62 Å². The second kappa shape index (κ2) is 6.01. The van der Waals surface area contributed by atoms with Gasteiger partial charge in [0.2, 0.25) is 15.9 Å². The van der Waals surface area contributed by atoms with Crippen molar-refractivity contribution in [1.29, 1.82) is 0 Å². The summed E-state index contributed by atoms with van der Waals surface area (Å²) in [7, 11) is -3.33. The molecule has 0 spiro atoms. The Kier molecular flexibility index (Phi) is 4.55. The molecule has 1 heterocycles. The van der Waals surface area contributed by atoms with Gasteiger partial charge in [0, 0.05) is 13.0 Å². The lowest BCUT2D eigenvalue weighted by atomic mass is 10.2. The molecule has 0 unspecified atom stereocenters. The number of rotatable bonds is 5. The highest BCUT2D eigenvalue weighted by molar-refractivity contribution is 7.92. The molecule has 1 fully saturated rings. The first-order chi connectivity index (χ1) is 9.43. The summed E-state index contributed by atoms with van der Waals surface area (Å²) in [6.45, 7) is 2.45. The lowest BCUT2D eigenvalue weighted by Gasteiger charge is -2.18. The molecule has 0 bridgehead atoms. The first-order valence-corrected chi connectivity index (χ1v) is 8.56. The summed E-state index contributed by atoms with van der Waals surface area (Å²) in [6, 6.07) is 4.84. The molecule has 0 aliphatic carbocycles. The number of hydrogen-bond donors (Lipinski definition) is 1. The van der Waals surface area contributed by atoms with Gasteiger partial charge in [-0.3, -0.25) is 9.52 Å². The van der Waals surface area contributed by atoms with Crippen molar-refractivity contribution in [3.05, 3.63) is 23.2 Å². The van der Waals surface area contributed by atoms with Crippen LogP contribution in [0.15, 0.2) is 18.2 Å². The fourth-order valence-corrected chi connectivity index (χ4v) is 3.60. The predicted octanol–water partition coefficient (Wildman–Crippen LogP) is 2.62. The molecular formula is C13H17ClN2O3S. The molecule has 0 aromatic heterocycles. The summed E-state index contributed by atoms with van der Waals surface area (Å²) < 4.78 is 25.8. The molecule has 5 nitrogen and oxygen atoms in total. The second-order valence-corrected chi connectivity index (χ2v) is 6.99. The molecule has 20 heavy (non-hydrogen) atoms. The summed E-state index contributed by atoms with van der Waals surface area (Å²) >= 11 is 6.15. The van der Waals surface area contributed by atoms with E-state index in [1.54, 1.807) is 24.0 Å². The van der Waals surface area contributed by atoms with Gasteiger partial charge in [0.15, 0.2) is 0 Å². The van der Waals surface area contributed by atoms with Crippen molar-refractivity contribution in [3.8, 4) is 0 Å². The molecule has 1 aliphatic rings. The first-order valence-electron chi connectivity index (χ1n) is 6.53. The molecule has 1 N–H and O–H groups in total. The van der Waals surface area contributed by atoms with Crippen LogP contribution in [0.2, 0.25) is 5.02 Å². The number of sulfonamides is 1. The largest absolute Gasteiger partial charge is 0.311 e. The molecule has 1 aromatic rings. The van der Waals surface area contributed by atoms with Crippen LogP contribution in [0.25, 0.3) is 0 Å². The van der Waals surface area contributed by atoms with Gasteiger partial charge < -0.3 is 4.90 Å². The monoisotopic (exact) mass is 316 g/mol. The van der Waals surface area contributed by atoms with E-state index in [9.17, 15) is 13.2 Å². The maximum Gasteiger partial charge on any atom is 0.232 e. The minimum Gasteiger partial charge on any atom is -0.311 e. The lowest BCUT2D eigenvalue weighted by Crippen LogP contribution is -2.24. The number of nitrogens with one attached hydrogen (secondary N) is 1. The van der Waals surface area contributed by atoms with E-state index in [2.05, 4.69) is 4.72 Å². The zero-order valence-electron chi connectivity index (χ0n) is 11.2. The predicted molar refractivity (Wildman–Crippen MR) is 80.7 cm³/mol. The zero-order chi connectivity index (χ0) is 14.8. The van der Waals surface area contributed by atoms with Crippen LogP contribution in [0.4, 0.5) is 11.4 Å². The third-order valence-electron chi connectivity index (χ3n) is 3.06. The van der Waals surface area contributed by atoms with E-state index in [0.29, 0.717) is 35.8 Å². The number of nitrogens with zero attached hydrogens (tertiary/aromatic N) is 1. The van der Waals surface area contributed by atoms with Crippen molar-refractivity contribution in [3.63, 3.8) is 0 Å². The number of carbonyl (C=O) groups is 1. The third kappa shape index (κ3) is 3.43. The van der Waals surface area contributed by atoms with Crippen LogP contribution in [0.5, 0.6) is 0 Å². The summed E-state index contributed by atoms with van der Waals surface area (Å²) in [5.41, 5.74) is 1.05. The summed E-state index contributed by atoms with van der Waals surface area (Å²) in [5.74, 6) is 0.114. The number of hydrogen-bond acceptors (Lipinski definition) is 3.